The Morgan fingerprint density at radius 3 is 1.95 bits per heavy atom. The number of carbonyl (C=O) groups is 4. The predicted molar refractivity (Wildman–Crippen MR) is 159 cm³/mol. The highest BCUT2D eigenvalue weighted by molar-refractivity contribution is 5.81. The average molecular weight is 550 g/mol. The first-order chi connectivity index (χ1) is 18.5. The minimum atomic E-state index is -0.387. The van der Waals surface area contributed by atoms with Gasteiger partial charge in [0, 0.05) is 24.9 Å². The summed E-state index contributed by atoms with van der Waals surface area (Å²) in [5.74, 6) is 0.839. The molecule has 39 heavy (non-hydrogen) atoms. The van der Waals surface area contributed by atoms with Crippen LogP contribution in [0.25, 0.3) is 0 Å². The first-order valence-electron chi connectivity index (χ1n) is 14.2. The van der Waals surface area contributed by atoms with Crippen molar-refractivity contribution in [3.8, 4) is 0 Å². The van der Waals surface area contributed by atoms with E-state index in [2.05, 4.69) is 67.9 Å². The number of amides is 2. The predicted octanol–water partition coefficient (Wildman–Crippen LogP) is 4.83. The number of ether oxygens (including phenoxy) is 1. The number of methoxy groups -OCH3 is 1. The lowest BCUT2D eigenvalue weighted by Crippen LogP contribution is -2.42. The van der Waals surface area contributed by atoms with Crippen LogP contribution >= 0.6 is 0 Å². The summed E-state index contributed by atoms with van der Waals surface area (Å²) < 4.78 is 4.65. The smallest absolute Gasteiger partial charge is 0.306 e. The second kappa shape index (κ2) is 24.3. The van der Waals surface area contributed by atoms with Crippen molar-refractivity contribution >= 4 is 24.1 Å². The van der Waals surface area contributed by atoms with E-state index in [1.54, 1.807) is 0 Å². The van der Waals surface area contributed by atoms with E-state index in [1.165, 1.54) is 21.1 Å². The molecular formula is C31H55N3O5. The summed E-state index contributed by atoms with van der Waals surface area (Å²) in [6, 6.07) is 10.1. The molecule has 0 saturated carbocycles. The molecule has 2 amide bonds. The molecule has 0 spiro atoms. The minimum Gasteiger partial charge on any atom is -0.469 e. The summed E-state index contributed by atoms with van der Waals surface area (Å²) in [5, 5.41) is 6.39. The van der Waals surface area contributed by atoms with Gasteiger partial charge in [-0.1, -0.05) is 71.4 Å². The largest absolute Gasteiger partial charge is 0.469 e. The van der Waals surface area contributed by atoms with Crippen LogP contribution in [0.1, 0.15) is 92.1 Å². The molecule has 1 aromatic rings. The topological polar surface area (TPSA) is 128 Å². The maximum atomic E-state index is 12.6. The summed E-state index contributed by atoms with van der Waals surface area (Å²) >= 11 is 0. The molecule has 3 atom stereocenters. The molecule has 0 bridgehead atoms. The lowest BCUT2D eigenvalue weighted by Gasteiger charge is -2.28. The summed E-state index contributed by atoms with van der Waals surface area (Å²) in [5.41, 5.74) is 5.65. The van der Waals surface area contributed by atoms with Crippen LogP contribution in [0.15, 0.2) is 30.3 Å². The van der Waals surface area contributed by atoms with Gasteiger partial charge in [-0.3, -0.25) is 14.4 Å². The van der Waals surface area contributed by atoms with Crippen molar-refractivity contribution in [3.63, 3.8) is 0 Å². The third kappa shape index (κ3) is 21.8. The third-order valence-corrected chi connectivity index (χ3v) is 6.13. The molecule has 3 unspecified atom stereocenters. The summed E-state index contributed by atoms with van der Waals surface area (Å²) in [6.07, 6.45) is 5.87. The van der Waals surface area contributed by atoms with E-state index < -0.39 is 0 Å². The van der Waals surface area contributed by atoms with Crippen molar-refractivity contribution < 1.29 is 23.9 Å². The van der Waals surface area contributed by atoms with E-state index >= 15 is 0 Å². The molecule has 0 fully saturated rings. The number of aldehydes is 1. The number of rotatable bonds is 16. The zero-order valence-electron chi connectivity index (χ0n) is 25.6. The Balaban J connectivity index is 0. The molecular weight excluding hydrogens is 494 g/mol. The van der Waals surface area contributed by atoms with Crippen molar-refractivity contribution in [1.29, 1.82) is 0 Å². The highest BCUT2D eigenvalue weighted by Crippen LogP contribution is 2.21. The van der Waals surface area contributed by atoms with Gasteiger partial charge in [-0.2, -0.15) is 0 Å². The molecule has 0 aliphatic heterocycles. The van der Waals surface area contributed by atoms with E-state index in [0.29, 0.717) is 30.6 Å². The normalized spacial score (nSPS) is 12.6. The van der Waals surface area contributed by atoms with Gasteiger partial charge in [0.2, 0.25) is 11.8 Å². The zero-order valence-corrected chi connectivity index (χ0v) is 25.6. The van der Waals surface area contributed by atoms with Gasteiger partial charge >= 0.3 is 5.97 Å². The number of nitrogens with one attached hydrogen (secondary N) is 2. The maximum Gasteiger partial charge on any atom is 0.306 e. The molecule has 0 aromatic heterocycles. The molecule has 0 aliphatic rings. The van der Waals surface area contributed by atoms with Crippen LogP contribution < -0.4 is 16.4 Å². The molecule has 4 N–H and O–H groups in total. The maximum absolute atomic E-state index is 12.6. The fraction of sp³-hybridized carbons (Fsp3) is 0.677. The van der Waals surface area contributed by atoms with Gasteiger partial charge in [0.05, 0.1) is 13.5 Å². The SMILES string of the molecule is CC=O.CN.COC(=O)CCC(=O)NC(CCC(NC(=O)CC(C)C)C(C)CCC(C)C)Cc1ccccc1. The van der Waals surface area contributed by atoms with Crippen molar-refractivity contribution in [2.45, 2.75) is 105 Å². The third-order valence-electron chi connectivity index (χ3n) is 6.13. The molecule has 0 radical (unpaired) electrons. The summed E-state index contributed by atoms with van der Waals surface area (Å²) in [6.45, 7) is 12.2. The molecule has 1 aromatic carbocycles. The Morgan fingerprint density at radius 1 is 0.846 bits per heavy atom. The van der Waals surface area contributed by atoms with Gasteiger partial charge in [0.25, 0.3) is 0 Å². The van der Waals surface area contributed by atoms with E-state index in [9.17, 15) is 14.4 Å². The Labute approximate surface area is 237 Å². The molecule has 0 saturated heterocycles. The molecule has 8 heteroatoms. The van der Waals surface area contributed by atoms with Gasteiger partial charge in [0.15, 0.2) is 0 Å². The zero-order chi connectivity index (χ0) is 30.2. The number of hydrogen-bond donors (Lipinski definition) is 3. The minimum absolute atomic E-state index is 0.0650. The fourth-order valence-corrected chi connectivity index (χ4v) is 4.05. The Morgan fingerprint density at radius 2 is 1.44 bits per heavy atom. The number of nitrogens with two attached hydrogens (primary N) is 1. The highest BCUT2D eigenvalue weighted by atomic mass is 16.5. The van der Waals surface area contributed by atoms with Crippen molar-refractivity contribution in [3.05, 3.63) is 35.9 Å². The van der Waals surface area contributed by atoms with E-state index in [4.69, 9.17) is 4.79 Å². The Hall–Kier alpha value is -2.74. The molecule has 224 valence electrons. The lowest BCUT2D eigenvalue weighted by molar-refractivity contribution is -0.142. The van der Waals surface area contributed by atoms with Gasteiger partial charge in [0.1, 0.15) is 6.29 Å². The molecule has 0 heterocycles. The van der Waals surface area contributed by atoms with E-state index in [-0.39, 0.29) is 42.7 Å². The van der Waals surface area contributed by atoms with Crippen LogP contribution in [0.5, 0.6) is 0 Å². The first-order valence-corrected chi connectivity index (χ1v) is 14.2. The lowest BCUT2D eigenvalue weighted by atomic mass is 9.88. The molecule has 8 nitrogen and oxygen atoms in total. The molecule has 0 aliphatic carbocycles. The molecule has 1 rings (SSSR count). The van der Waals surface area contributed by atoms with Crippen LogP contribution in [0.2, 0.25) is 0 Å². The van der Waals surface area contributed by atoms with Crippen LogP contribution in [-0.2, 0) is 30.3 Å². The Kier molecular flexibility index (Phi) is 23.9. The second-order valence-electron chi connectivity index (χ2n) is 10.6. The van der Waals surface area contributed by atoms with E-state index in [1.807, 2.05) is 18.2 Å². The first kappa shape index (κ1) is 38.4. The fourth-order valence-electron chi connectivity index (χ4n) is 4.05. The van der Waals surface area contributed by atoms with Crippen LogP contribution in [0.3, 0.4) is 0 Å². The van der Waals surface area contributed by atoms with Crippen molar-refractivity contribution in [2.75, 3.05) is 14.2 Å². The van der Waals surface area contributed by atoms with Crippen molar-refractivity contribution in [2.24, 2.45) is 23.5 Å². The van der Waals surface area contributed by atoms with Crippen LogP contribution in [0.4, 0.5) is 0 Å². The van der Waals surface area contributed by atoms with Gasteiger partial charge in [-0.05, 0) is 63.0 Å². The van der Waals surface area contributed by atoms with Gasteiger partial charge < -0.3 is 25.9 Å². The number of hydrogen-bond acceptors (Lipinski definition) is 6. The van der Waals surface area contributed by atoms with Gasteiger partial charge in [-0.15, -0.1) is 0 Å². The number of carbonyl (C=O) groups excluding carboxylic acids is 4. The average Bonchev–Trinajstić information content (AvgIpc) is 2.89. The number of esters is 1. The van der Waals surface area contributed by atoms with Crippen LogP contribution in [0, 0.1) is 17.8 Å². The van der Waals surface area contributed by atoms with Crippen molar-refractivity contribution in [1.82, 2.24) is 10.6 Å². The highest BCUT2D eigenvalue weighted by Gasteiger charge is 2.23. The number of benzene rings is 1. The second-order valence-corrected chi connectivity index (χ2v) is 10.6. The standard InChI is InChI=1S/C28H46N2O4.C2H4O.CH5N/c1-20(2)12-13-22(5)25(30-27(32)18-21(3)4)15-14-24(19-23-10-8-7-9-11-23)29-26(31)16-17-28(33)34-6;1-2-3;1-2/h7-11,20-22,24-25H,12-19H2,1-6H3,(H,29,31)(H,30,32);2H,1H3;2H2,1H3. The van der Waals surface area contributed by atoms with E-state index in [0.717, 1.165) is 37.5 Å². The van der Waals surface area contributed by atoms with Crippen LogP contribution in [-0.4, -0.2) is 50.3 Å². The summed E-state index contributed by atoms with van der Waals surface area (Å²) in [4.78, 5) is 45.3. The summed E-state index contributed by atoms with van der Waals surface area (Å²) in [7, 11) is 2.83. The monoisotopic (exact) mass is 549 g/mol. The Bertz CT molecular complexity index is 784. The quantitative estimate of drug-likeness (QED) is 0.200. The van der Waals surface area contributed by atoms with Gasteiger partial charge in [-0.25, -0.2) is 0 Å².